The van der Waals surface area contributed by atoms with Gasteiger partial charge >= 0.3 is 0 Å². The lowest BCUT2D eigenvalue weighted by Crippen LogP contribution is -2.27. The van der Waals surface area contributed by atoms with Crippen LogP contribution in [0.2, 0.25) is 0 Å². The van der Waals surface area contributed by atoms with Crippen LogP contribution in [0.15, 0.2) is 30.3 Å². The first kappa shape index (κ1) is 18.2. The van der Waals surface area contributed by atoms with Gasteiger partial charge in [-0.25, -0.2) is 0 Å². The SMILES string of the molecule is CC(=O)Nc1cccc(C(C)NCC(C)Cn2nc(C)cc2C)c1. The van der Waals surface area contributed by atoms with E-state index in [2.05, 4.69) is 53.3 Å². The molecule has 0 radical (unpaired) electrons. The molecule has 1 heterocycles. The highest BCUT2D eigenvalue weighted by molar-refractivity contribution is 5.88. The van der Waals surface area contributed by atoms with E-state index in [4.69, 9.17) is 0 Å². The molecule has 1 aromatic heterocycles. The summed E-state index contributed by atoms with van der Waals surface area (Å²) < 4.78 is 2.07. The average Bonchev–Trinajstić information content (AvgIpc) is 2.82. The van der Waals surface area contributed by atoms with Crippen molar-refractivity contribution >= 4 is 11.6 Å². The molecule has 0 bridgehead atoms. The van der Waals surface area contributed by atoms with Crippen LogP contribution in [0.25, 0.3) is 0 Å². The van der Waals surface area contributed by atoms with Gasteiger partial charge in [0, 0.05) is 37.4 Å². The highest BCUT2D eigenvalue weighted by Crippen LogP contribution is 2.18. The van der Waals surface area contributed by atoms with Crippen molar-refractivity contribution < 1.29 is 4.79 Å². The first-order chi connectivity index (χ1) is 11.3. The second-order valence-corrected chi connectivity index (χ2v) is 6.65. The molecule has 1 aromatic carbocycles. The summed E-state index contributed by atoms with van der Waals surface area (Å²) in [5.74, 6) is 0.426. The third kappa shape index (κ3) is 5.20. The van der Waals surface area contributed by atoms with E-state index in [9.17, 15) is 4.79 Å². The normalized spacial score (nSPS) is 13.5. The fraction of sp³-hybridized carbons (Fsp3) is 0.474. The number of rotatable bonds is 7. The molecule has 0 aliphatic heterocycles. The number of nitrogens with one attached hydrogen (secondary N) is 2. The zero-order valence-electron chi connectivity index (χ0n) is 15.3. The van der Waals surface area contributed by atoms with E-state index in [1.54, 1.807) is 0 Å². The Morgan fingerprint density at radius 3 is 2.62 bits per heavy atom. The highest BCUT2D eigenvalue weighted by atomic mass is 16.1. The van der Waals surface area contributed by atoms with Crippen molar-refractivity contribution in [3.63, 3.8) is 0 Å². The van der Waals surface area contributed by atoms with Gasteiger partial charge in [0.25, 0.3) is 0 Å². The number of carbonyl (C=O) groups is 1. The van der Waals surface area contributed by atoms with Crippen LogP contribution in [0.3, 0.4) is 0 Å². The molecule has 1 amide bonds. The summed E-state index contributed by atoms with van der Waals surface area (Å²) >= 11 is 0. The standard InChI is InChI=1S/C19H28N4O/c1-13(12-23-15(3)9-14(2)22-23)11-20-16(4)18-7-6-8-19(10-18)21-17(5)24/h6-10,13,16,20H,11-12H2,1-5H3,(H,21,24). The largest absolute Gasteiger partial charge is 0.326 e. The quantitative estimate of drug-likeness (QED) is 0.818. The van der Waals surface area contributed by atoms with Crippen LogP contribution in [0, 0.1) is 19.8 Å². The molecule has 24 heavy (non-hydrogen) atoms. The van der Waals surface area contributed by atoms with Crippen molar-refractivity contribution in [3.8, 4) is 0 Å². The van der Waals surface area contributed by atoms with Gasteiger partial charge in [-0.1, -0.05) is 19.1 Å². The number of carbonyl (C=O) groups excluding carboxylic acids is 1. The number of amides is 1. The van der Waals surface area contributed by atoms with Crippen LogP contribution in [0.5, 0.6) is 0 Å². The van der Waals surface area contributed by atoms with Crippen molar-refractivity contribution in [2.45, 2.75) is 47.2 Å². The number of aryl methyl sites for hydroxylation is 2. The summed E-state index contributed by atoms with van der Waals surface area (Å²) in [5.41, 5.74) is 4.27. The Morgan fingerprint density at radius 1 is 1.25 bits per heavy atom. The van der Waals surface area contributed by atoms with Crippen LogP contribution in [-0.2, 0) is 11.3 Å². The van der Waals surface area contributed by atoms with Gasteiger partial charge in [0.2, 0.25) is 5.91 Å². The van der Waals surface area contributed by atoms with Crippen LogP contribution in [0.1, 0.15) is 43.8 Å². The molecular weight excluding hydrogens is 300 g/mol. The van der Waals surface area contributed by atoms with Crippen LogP contribution in [0.4, 0.5) is 5.69 Å². The number of nitrogens with zero attached hydrogens (tertiary/aromatic N) is 2. The van der Waals surface area contributed by atoms with Crippen molar-refractivity contribution in [3.05, 3.63) is 47.3 Å². The van der Waals surface area contributed by atoms with Crippen molar-refractivity contribution in [2.24, 2.45) is 5.92 Å². The van der Waals surface area contributed by atoms with E-state index < -0.39 is 0 Å². The lowest BCUT2D eigenvalue weighted by molar-refractivity contribution is -0.114. The minimum Gasteiger partial charge on any atom is -0.326 e. The molecule has 0 saturated heterocycles. The Labute approximate surface area is 144 Å². The molecule has 2 atom stereocenters. The molecule has 2 N–H and O–H groups in total. The zero-order valence-corrected chi connectivity index (χ0v) is 15.3. The van der Waals surface area contributed by atoms with Crippen molar-refractivity contribution in [1.29, 1.82) is 0 Å². The minimum absolute atomic E-state index is 0.0497. The van der Waals surface area contributed by atoms with Gasteiger partial charge in [-0.05, 0) is 50.5 Å². The van der Waals surface area contributed by atoms with Gasteiger partial charge < -0.3 is 10.6 Å². The number of anilines is 1. The summed E-state index contributed by atoms with van der Waals surface area (Å²) in [6.07, 6.45) is 0. The Kier molecular flexibility index (Phi) is 6.15. The van der Waals surface area contributed by atoms with E-state index >= 15 is 0 Å². The maximum atomic E-state index is 11.2. The molecule has 0 aliphatic rings. The van der Waals surface area contributed by atoms with E-state index in [1.165, 1.54) is 18.2 Å². The summed E-state index contributed by atoms with van der Waals surface area (Å²) in [5, 5.41) is 10.9. The summed E-state index contributed by atoms with van der Waals surface area (Å²) in [6, 6.07) is 10.3. The zero-order chi connectivity index (χ0) is 17.7. The van der Waals surface area contributed by atoms with E-state index in [1.807, 2.05) is 25.1 Å². The van der Waals surface area contributed by atoms with Crippen molar-refractivity contribution in [2.75, 3.05) is 11.9 Å². The molecule has 130 valence electrons. The molecule has 2 unspecified atom stereocenters. The fourth-order valence-corrected chi connectivity index (χ4v) is 2.80. The van der Waals surface area contributed by atoms with Gasteiger partial charge in [-0.2, -0.15) is 5.10 Å². The Bertz CT molecular complexity index is 692. The number of aromatic nitrogens is 2. The van der Waals surface area contributed by atoms with E-state index in [-0.39, 0.29) is 11.9 Å². The first-order valence-electron chi connectivity index (χ1n) is 8.47. The van der Waals surface area contributed by atoms with Gasteiger partial charge in [0.05, 0.1) is 5.69 Å². The van der Waals surface area contributed by atoms with E-state index in [0.29, 0.717) is 5.92 Å². The Balaban J connectivity index is 1.89. The maximum absolute atomic E-state index is 11.2. The number of benzene rings is 1. The smallest absolute Gasteiger partial charge is 0.221 e. The van der Waals surface area contributed by atoms with E-state index in [0.717, 1.165) is 24.5 Å². The first-order valence-corrected chi connectivity index (χ1v) is 8.47. The van der Waals surface area contributed by atoms with Gasteiger partial charge in [0.1, 0.15) is 0 Å². The monoisotopic (exact) mass is 328 g/mol. The summed E-state index contributed by atoms with van der Waals surface area (Å²) in [7, 11) is 0. The van der Waals surface area contributed by atoms with Crippen LogP contribution >= 0.6 is 0 Å². The molecule has 2 rings (SSSR count). The second-order valence-electron chi connectivity index (χ2n) is 6.65. The molecule has 0 spiro atoms. The molecule has 5 nitrogen and oxygen atoms in total. The van der Waals surface area contributed by atoms with Crippen LogP contribution < -0.4 is 10.6 Å². The minimum atomic E-state index is -0.0497. The average molecular weight is 328 g/mol. The molecule has 0 saturated carbocycles. The molecule has 2 aromatic rings. The van der Waals surface area contributed by atoms with Gasteiger partial charge in [-0.15, -0.1) is 0 Å². The number of hydrogen-bond acceptors (Lipinski definition) is 3. The molecule has 0 aliphatic carbocycles. The van der Waals surface area contributed by atoms with Crippen LogP contribution in [-0.4, -0.2) is 22.2 Å². The lowest BCUT2D eigenvalue weighted by Gasteiger charge is -2.19. The predicted molar refractivity (Wildman–Crippen MR) is 98.0 cm³/mol. The molecule has 5 heteroatoms. The fourth-order valence-electron chi connectivity index (χ4n) is 2.80. The van der Waals surface area contributed by atoms with Gasteiger partial charge in [-0.3, -0.25) is 9.48 Å². The lowest BCUT2D eigenvalue weighted by atomic mass is 10.1. The molecule has 0 fully saturated rings. The topological polar surface area (TPSA) is 59.0 Å². The highest BCUT2D eigenvalue weighted by Gasteiger charge is 2.11. The number of hydrogen-bond donors (Lipinski definition) is 2. The maximum Gasteiger partial charge on any atom is 0.221 e. The van der Waals surface area contributed by atoms with Gasteiger partial charge in [0.15, 0.2) is 0 Å². The predicted octanol–water partition coefficient (Wildman–Crippen LogP) is 3.45. The third-order valence-corrected chi connectivity index (χ3v) is 4.07. The second kappa shape index (κ2) is 8.11. The van der Waals surface area contributed by atoms with Crippen molar-refractivity contribution in [1.82, 2.24) is 15.1 Å². The Hall–Kier alpha value is -2.14. The summed E-state index contributed by atoms with van der Waals surface area (Å²) in [6.45, 7) is 11.8. The molecular formula is C19H28N4O. The third-order valence-electron chi connectivity index (χ3n) is 4.07. The Morgan fingerprint density at radius 2 is 2.00 bits per heavy atom. The summed E-state index contributed by atoms with van der Waals surface area (Å²) in [4.78, 5) is 11.2.